The normalized spacial score (nSPS) is 17.9. The van der Waals surface area contributed by atoms with Gasteiger partial charge in [0.1, 0.15) is 4.83 Å². The molecule has 146 valence electrons. The van der Waals surface area contributed by atoms with Gasteiger partial charge in [-0.05, 0) is 36.2 Å². The maximum Gasteiger partial charge on any atom is 0.261 e. The van der Waals surface area contributed by atoms with E-state index in [4.69, 9.17) is 11.6 Å². The molecule has 2 aromatic heterocycles. The number of hydrogen-bond donors (Lipinski definition) is 1. The summed E-state index contributed by atoms with van der Waals surface area (Å²) >= 11 is 7.31. The number of rotatable bonds is 4. The Morgan fingerprint density at radius 1 is 1.32 bits per heavy atom. The third-order valence-electron chi connectivity index (χ3n) is 4.93. The van der Waals surface area contributed by atoms with Crippen LogP contribution in [0.25, 0.3) is 10.2 Å². The monoisotopic (exact) mass is 435 g/mol. The second kappa shape index (κ2) is 7.44. The molecule has 1 aliphatic rings. The number of amides is 1. The fraction of sp³-hybridized carbons (Fsp3) is 0.263. The number of pyridine rings is 1. The highest BCUT2D eigenvalue weighted by Crippen LogP contribution is 2.40. The zero-order valence-corrected chi connectivity index (χ0v) is 17.4. The van der Waals surface area contributed by atoms with Crippen molar-refractivity contribution in [3.63, 3.8) is 0 Å². The second-order valence-corrected chi connectivity index (χ2v) is 9.96. The van der Waals surface area contributed by atoms with Crippen molar-refractivity contribution < 1.29 is 13.2 Å². The Hall–Kier alpha value is -2.00. The molecule has 1 atom stereocenters. The molecular weight excluding hydrogens is 418 g/mol. The SMILES string of the molecule is CNC(=O)c1sc2ncccc2c1C1CCN(S(=O)(=O)c2cccc(Cl)c2)C1. The molecule has 0 spiro atoms. The van der Waals surface area contributed by atoms with Crippen LogP contribution in [0.5, 0.6) is 0 Å². The molecule has 3 aromatic rings. The lowest BCUT2D eigenvalue weighted by molar-refractivity contribution is 0.0966. The highest BCUT2D eigenvalue weighted by atomic mass is 35.5. The van der Waals surface area contributed by atoms with Gasteiger partial charge >= 0.3 is 0 Å². The lowest BCUT2D eigenvalue weighted by atomic mass is 9.95. The molecule has 0 radical (unpaired) electrons. The number of halogens is 1. The Morgan fingerprint density at radius 3 is 2.89 bits per heavy atom. The predicted molar refractivity (Wildman–Crippen MR) is 111 cm³/mol. The van der Waals surface area contributed by atoms with Gasteiger partial charge in [-0.15, -0.1) is 11.3 Å². The first-order valence-electron chi connectivity index (χ1n) is 8.77. The molecule has 0 bridgehead atoms. The number of aromatic nitrogens is 1. The van der Waals surface area contributed by atoms with Crippen molar-refractivity contribution in [2.45, 2.75) is 17.2 Å². The van der Waals surface area contributed by atoms with E-state index in [9.17, 15) is 13.2 Å². The van der Waals surface area contributed by atoms with Crippen LogP contribution in [0.15, 0.2) is 47.5 Å². The first kappa shape index (κ1) is 19.3. The van der Waals surface area contributed by atoms with E-state index in [2.05, 4.69) is 10.3 Å². The molecule has 1 unspecified atom stereocenters. The summed E-state index contributed by atoms with van der Waals surface area (Å²) in [5.74, 6) is -0.242. The van der Waals surface area contributed by atoms with Gasteiger partial charge in [-0.2, -0.15) is 4.31 Å². The van der Waals surface area contributed by atoms with Gasteiger partial charge in [0.15, 0.2) is 0 Å². The predicted octanol–water partition coefficient (Wildman–Crippen LogP) is 3.49. The summed E-state index contributed by atoms with van der Waals surface area (Å²) < 4.78 is 27.5. The number of hydrogen-bond acceptors (Lipinski definition) is 5. The van der Waals surface area contributed by atoms with Crippen LogP contribution < -0.4 is 5.32 Å². The molecule has 1 fully saturated rings. The van der Waals surface area contributed by atoms with Gasteiger partial charge < -0.3 is 5.32 Å². The van der Waals surface area contributed by atoms with Crippen molar-refractivity contribution in [2.75, 3.05) is 20.1 Å². The number of fused-ring (bicyclic) bond motifs is 1. The van der Waals surface area contributed by atoms with E-state index in [0.717, 1.165) is 15.8 Å². The van der Waals surface area contributed by atoms with Gasteiger partial charge in [0.25, 0.3) is 5.91 Å². The van der Waals surface area contributed by atoms with Gasteiger partial charge in [-0.3, -0.25) is 4.79 Å². The maximum absolute atomic E-state index is 13.0. The first-order valence-corrected chi connectivity index (χ1v) is 11.4. The van der Waals surface area contributed by atoms with Crippen molar-refractivity contribution in [2.24, 2.45) is 0 Å². The highest BCUT2D eigenvalue weighted by molar-refractivity contribution is 7.89. The topological polar surface area (TPSA) is 79.4 Å². The Bertz CT molecular complexity index is 1160. The average Bonchev–Trinajstić information content (AvgIpc) is 3.32. The molecule has 1 saturated heterocycles. The third kappa shape index (κ3) is 3.30. The average molecular weight is 436 g/mol. The van der Waals surface area contributed by atoms with Crippen LogP contribution in [0.1, 0.15) is 27.6 Å². The molecule has 4 rings (SSSR count). The second-order valence-electron chi connectivity index (χ2n) is 6.59. The molecule has 9 heteroatoms. The van der Waals surface area contributed by atoms with E-state index in [1.165, 1.54) is 21.7 Å². The minimum absolute atomic E-state index is 0.0702. The number of carbonyl (C=O) groups is 1. The molecule has 0 aliphatic carbocycles. The zero-order valence-electron chi connectivity index (χ0n) is 15.1. The number of nitrogens with one attached hydrogen (secondary N) is 1. The molecule has 6 nitrogen and oxygen atoms in total. The van der Waals surface area contributed by atoms with Gasteiger partial charge in [0, 0.05) is 42.7 Å². The minimum atomic E-state index is -3.64. The lowest BCUT2D eigenvalue weighted by Gasteiger charge is -2.17. The summed E-state index contributed by atoms with van der Waals surface area (Å²) in [7, 11) is -2.05. The van der Waals surface area contributed by atoms with E-state index < -0.39 is 10.0 Å². The molecule has 1 amide bonds. The van der Waals surface area contributed by atoms with Crippen molar-refractivity contribution in [1.82, 2.24) is 14.6 Å². The van der Waals surface area contributed by atoms with E-state index in [0.29, 0.717) is 29.4 Å². The van der Waals surface area contributed by atoms with Crippen molar-refractivity contribution in [3.8, 4) is 0 Å². The van der Waals surface area contributed by atoms with Crippen LogP contribution in [0.2, 0.25) is 5.02 Å². The van der Waals surface area contributed by atoms with E-state index >= 15 is 0 Å². The Morgan fingerprint density at radius 2 is 2.14 bits per heavy atom. The van der Waals surface area contributed by atoms with Crippen LogP contribution >= 0.6 is 22.9 Å². The Balaban J connectivity index is 1.71. The van der Waals surface area contributed by atoms with Crippen molar-refractivity contribution in [1.29, 1.82) is 0 Å². The van der Waals surface area contributed by atoms with Gasteiger partial charge in [0.2, 0.25) is 10.0 Å². The molecule has 0 saturated carbocycles. The highest BCUT2D eigenvalue weighted by Gasteiger charge is 2.36. The van der Waals surface area contributed by atoms with Crippen LogP contribution in [0.3, 0.4) is 0 Å². The van der Waals surface area contributed by atoms with Gasteiger partial charge in [-0.25, -0.2) is 13.4 Å². The molecule has 1 N–H and O–H groups in total. The minimum Gasteiger partial charge on any atom is -0.354 e. The summed E-state index contributed by atoms with van der Waals surface area (Å²) in [6.45, 7) is 0.712. The van der Waals surface area contributed by atoms with E-state index in [1.807, 2.05) is 12.1 Å². The van der Waals surface area contributed by atoms with Crippen LogP contribution in [-0.4, -0.2) is 43.8 Å². The Labute approximate surface area is 172 Å². The largest absolute Gasteiger partial charge is 0.354 e. The summed E-state index contributed by atoms with van der Waals surface area (Å²) in [6.07, 6.45) is 2.34. The van der Waals surface area contributed by atoms with Crippen LogP contribution in [0.4, 0.5) is 0 Å². The fourth-order valence-corrected chi connectivity index (χ4v) is 6.57. The first-order chi connectivity index (χ1) is 13.4. The molecule has 1 aromatic carbocycles. The molecule has 28 heavy (non-hydrogen) atoms. The smallest absolute Gasteiger partial charge is 0.261 e. The Kier molecular flexibility index (Phi) is 5.13. The van der Waals surface area contributed by atoms with E-state index in [1.54, 1.807) is 31.4 Å². The molecule has 1 aliphatic heterocycles. The number of thiophene rings is 1. The van der Waals surface area contributed by atoms with Crippen molar-refractivity contribution in [3.05, 3.63) is 58.1 Å². The maximum atomic E-state index is 13.0. The number of nitrogens with zero attached hydrogens (tertiary/aromatic N) is 2. The summed E-state index contributed by atoms with van der Waals surface area (Å²) in [5.41, 5.74) is 0.885. The van der Waals surface area contributed by atoms with E-state index in [-0.39, 0.29) is 16.7 Å². The zero-order chi connectivity index (χ0) is 19.9. The quantitative estimate of drug-likeness (QED) is 0.680. The van der Waals surface area contributed by atoms with Gasteiger partial charge in [-0.1, -0.05) is 23.7 Å². The number of carbonyl (C=O) groups excluding carboxylic acids is 1. The summed E-state index contributed by atoms with van der Waals surface area (Å²) in [6, 6.07) is 10.1. The van der Waals surface area contributed by atoms with Crippen molar-refractivity contribution >= 4 is 49.1 Å². The number of benzene rings is 1. The standard InChI is InChI=1S/C19H18ClN3O3S2/c1-21-18(24)17-16(15-6-3-8-22-19(15)27-17)12-7-9-23(11-12)28(25,26)14-5-2-4-13(20)10-14/h2-6,8,10,12H,7,9,11H2,1H3,(H,21,24). The molecular formula is C19H18ClN3O3S2. The fourth-order valence-electron chi connectivity index (χ4n) is 3.60. The van der Waals surface area contributed by atoms with Crippen LogP contribution in [-0.2, 0) is 10.0 Å². The molecule has 3 heterocycles. The number of sulfonamides is 1. The summed E-state index contributed by atoms with van der Waals surface area (Å²) in [4.78, 5) is 18.4. The van der Waals surface area contributed by atoms with Crippen LogP contribution in [0, 0.1) is 0 Å². The summed E-state index contributed by atoms with van der Waals surface area (Å²) in [5, 5.41) is 3.97. The van der Waals surface area contributed by atoms with Gasteiger partial charge in [0.05, 0.1) is 9.77 Å². The lowest BCUT2D eigenvalue weighted by Crippen LogP contribution is -2.29. The third-order valence-corrected chi connectivity index (χ3v) is 8.16.